The van der Waals surface area contributed by atoms with Crippen LogP contribution < -0.4 is 0 Å². The van der Waals surface area contributed by atoms with Crippen LogP contribution in [0.3, 0.4) is 0 Å². The summed E-state index contributed by atoms with van der Waals surface area (Å²) in [7, 11) is 4.18. The minimum Gasteiger partial charge on any atom is -0.335 e. The molecular weight excluding hydrogens is 326 g/mol. The van der Waals surface area contributed by atoms with Gasteiger partial charge in [-0.1, -0.05) is 0 Å². The summed E-state index contributed by atoms with van der Waals surface area (Å²) in [6.07, 6.45) is 0. The van der Waals surface area contributed by atoms with Crippen LogP contribution in [0.4, 0.5) is 0 Å². The van der Waals surface area contributed by atoms with Crippen molar-refractivity contribution in [1.29, 1.82) is 0 Å². The Hall–Kier alpha value is -0.430. The van der Waals surface area contributed by atoms with E-state index in [1.165, 1.54) is 11.3 Å². The van der Waals surface area contributed by atoms with Gasteiger partial charge < -0.3 is 9.80 Å². The van der Waals surface area contributed by atoms with E-state index in [-0.39, 0.29) is 5.91 Å². The SMILES string of the molecule is CN(C)CCN1CCN(C(=O)c2ccc(Br)s2)CC1. The molecular formula is C13H20BrN3OS. The lowest BCUT2D eigenvalue weighted by atomic mass is 10.3. The Bertz CT molecular complexity index is 427. The number of amides is 1. The number of carbonyl (C=O) groups excluding carboxylic acids is 1. The molecule has 1 aliphatic rings. The van der Waals surface area contributed by atoms with E-state index >= 15 is 0 Å². The number of halogens is 1. The van der Waals surface area contributed by atoms with E-state index in [0.29, 0.717) is 0 Å². The maximum Gasteiger partial charge on any atom is 0.264 e. The van der Waals surface area contributed by atoms with Crippen molar-refractivity contribution in [2.24, 2.45) is 0 Å². The van der Waals surface area contributed by atoms with Crippen molar-refractivity contribution in [3.8, 4) is 0 Å². The molecule has 0 spiro atoms. The summed E-state index contributed by atoms with van der Waals surface area (Å²) < 4.78 is 1.01. The van der Waals surface area contributed by atoms with Crippen molar-refractivity contribution in [3.05, 3.63) is 20.8 Å². The number of nitrogens with zero attached hydrogens (tertiary/aromatic N) is 3. The van der Waals surface area contributed by atoms with Gasteiger partial charge in [0.1, 0.15) is 0 Å². The van der Waals surface area contributed by atoms with Gasteiger partial charge in [0.15, 0.2) is 0 Å². The monoisotopic (exact) mass is 345 g/mol. The maximum absolute atomic E-state index is 12.3. The van der Waals surface area contributed by atoms with Crippen molar-refractivity contribution < 1.29 is 4.79 Å². The summed E-state index contributed by atoms with van der Waals surface area (Å²) >= 11 is 4.91. The van der Waals surface area contributed by atoms with Crippen LogP contribution in [0, 0.1) is 0 Å². The van der Waals surface area contributed by atoms with Gasteiger partial charge >= 0.3 is 0 Å². The predicted molar refractivity (Wildman–Crippen MR) is 82.9 cm³/mol. The van der Waals surface area contributed by atoms with E-state index in [9.17, 15) is 4.79 Å². The summed E-state index contributed by atoms with van der Waals surface area (Å²) in [5, 5.41) is 0. The van der Waals surface area contributed by atoms with E-state index < -0.39 is 0 Å². The smallest absolute Gasteiger partial charge is 0.264 e. The second-order valence-electron chi connectivity index (χ2n) is 5.04. The molecule has 2 rings (SSSR count). The third-order valence-corrected chi connectivity index (χ3v) is 4.92. The molecule has 0 radical (unpaired) electrons. The molecule has 1 aromatic heterocycles. The molecule has 6 heteroatoms. The van der Waals surface area contributed by atoms with Gasteiger partial charge in [-0.3, -0.25) is 9.69 Å². The lowest BCUT2D eigenvalue weighted by Crippen LogP contribution is -2.49. The minimum atomic E-state index is 0.169. The highest BCUT2D eigenvalue weighted by Gasteiger charge is 2.22. The highest BCUT2D eigenvalue weighted by atomic mass is 79.9. The molecule has 0 unspecified atom stereocenters. The van der Waals surface area contributed by atoms with Gasteiger partial charge in [-0.15, -0.1) is 11.3 Å². The fraction of sp³-hybridized carbons (Fsp3) is 0.615. The predicted octanol–water partition coefficient (Wildman–Crippen LogP) is 1.83. The van der Waals surface area contributed by atoms with Crippen LogP contribution in [-0.4, -0.2) is 74.0 Å². The molecule has 0 aliphatic carbocycles. The quantitative estimate of drug-likeness (QED) is 0.832. The van der Waals surface area contributed by atoms with E-state index in [2.05, 4.69) is 39.8 Å². The Kier molecular flexibility index (Phi) is 5.38. The van der Waals surface area contributed by atoms with Crippen LogP contribution in [0.2, 0.25) is 0 Å². The zero-order valence-electron chi connectivity index (χ0n) is 11.4. The first kappa shape index (κ1) is 15.0. The van der Waals surface area contributed by atoms with Crippen LogP contribution in [0.5, 0.6) is 0 Å². The van der Waals surface area contributed by atoms with E-state index in [1.807, 2.05) is 17.0 Å². The van der Waals surface area contributed by atoms with Gasteiger partial charge in [-0.2, -0.15) is 0 Å². The summed E-state index contributed by atoms with van der Waals surface area (Å²) in [4.78, 5) is 19.7. The van der Waals surface area contributed by atoms with Crippen LogP contribution in [0.15, 0.2) is 15.9 Å². The average molecular weight is 346 g/mol. The molecule has 1 aromatic rings. The molecule has 1 aliphatic heterocycles. The second-order valence-corrected chi connectivity index (χ2v) is 7.50. The molecule has 19 heavy (non-hydrogen) atoms. The van der Waals surface area contributed by atoms with Crippen molar-refractivity contribution in [1.82, 2.24) is 14.7 Å². The third-order valence-electron chi connectivity index (χ3n) is 3.31. The fourth-order valence-corrected chi connectivity index (χ4v) is 3.46. The summed E-state index contributed by atoms with van der Waals surface area (Å²) in [6.45, 7) is 5.78. The fourth-order valence-electron chi connectivity index (χ4n) is 2.10. The summed E-state index contributed by atoms with van der Waals surface area (Å²) in [5.74, 6) is 0.169. The van der Waals surface area contributed by atoms with Crippen molar-refractivity contribution in [2.45, 2.75) is 0 Å². The number of carbonyl (C=O) groups is 1. The molecule has 0 saturated carbocycles. The van der Waals surface area contributed by atoms with Crippen LogP contribution in [-0.2, 0) is 0 Å². The number of thiophene rings is 1. The Morgan fingerprint density at radius 2 is 2.00 bits per heavy atom. The lowest BCUT2D eigenvalue weighted by Gasteiger charge is -2.35. The molecule has 1 fully saturated rings. The molecule has 1 amide bonds. The maximum atomic E-state index is 12.3. The lowest BCUT2D eigenvalue weighted by molar-refractivity contribution is 0.0634. The molecule has 0 bridgehead atoms. The highest BCUT2D eigenvalue weighted by Crippen LogP contribution is 2.23. The molecule has 106 valence electrons. The van der Waals surface area contributed by atoms with E-state index in [4.69, 9.17) is 0 Å². The van der Waals surface area contributed by atoms with Gasteiger partial charge in [-0.05, 0) is 42.2 Å². The Labute approximate surface area is 127 Å². The van der Waals surface area contributed by atoms with Crippen molar-refractivity contribution in [2.75, 3.05) is 53.4 Å². The number of hydrogen-bond acceptors (Lipinski definition) is 4. The van der Waals surface area contributed by atoms with Crippen LogP contribution in [0.25, 0.3) is 0 Å². The Morgan fingerprint density at radius 1 is 1.32 bits per heavy atom. The molecule has 1 saturated heterocycles. The average Bonchev–Trinajstić information content (AvgIpc) is 2.83. The number of rotatable bonds is 4. The number of piperazine rings is 1. The topological polar surface area (TPSA) is 26.8 Å². The van der Waals surface area contributed by atoms with Gasteiger partial charge in [0.25, 0.3) is 5.91 Å². The molecule has 0 atom stereocenters. The third kappa shape index (κ3) is 4.27. The largest absolute Gasteiger partial charge is 0.335 e. The summed E-state index contributed by atoms with van der Waals surface area (Å²) in [6, 6.07) is 3.83. The Balaban J connectivity index is 1.81. The normalized spacial score (nSPS) is 17.2. The summed E-state index contributed by atoms with van der Waals surface area (Å²) in [5.41, 5.74) is 0. The zero-order chi connectivity index (χ0) is 13.8. The number of likely N-dealkylation sites (N-methyl/N-ethyl adjacent to an activating group) is 1. The number of hydrogen-bond donors (Lipinski definition) is 0. The zero-order valence-corrected chi connectivity index (χ0v) is 13.8. The van der Waals surface area contributed by atoms with Gasteiger partial charge in [-0.25, -0.2) is 0 Å². The Morgan fingerprint density at radius 3 is 2.53 bits per heavy atom. The van der Waals surface area contributed by atoms with Crippen molar-refractivity contribution >= 4 is 33.2 Å². The van der Waals surface area contributed by atoms with Gasteiger partial charge in [0.05, 0.1) is 8.66 Å². The first-order valence-electron chi connectivity index (χ1n) is 6.48. The standard InChI is InChI=1S/C13H20BrN3OS/c1-15(2)5-6-16-7-9-17(10-8-16)13(18)11-3-4-12(14)19-11/h3-4H,5-10H2,1-2H3. The second kappa shape index (κ2) is 6.83. The van der Waals surface area contributed by atoms with Crippen LogP contribution in [0.1, 0.15) is 9.67 Å². The van der Waals surface area contributed by atoms with Crippen molar-refractivity contribution in [3.63, 3.8) is 0 Å². The molecule has 0 aromatic carbocycles. The first-order valence-corrected chi connectivity index (χ1v) is 8.09. The molecule has 0 N–H and O–H groups in total. The first-order chi connectivity index (χ1) is 9.06. The molecule has 4 nitrogen and oxygen atoms in total. The van der Waals surface area contributed by atoms with E-state index in [1.54, 1.807) is 0 Å². The molecule has 2 heterocycles. The minimum absolute atomic E-state index is 0.169. The van der Waals surface area contributed by atoms with Gasteiger partial charge in [0.2, 0.25) is 0 Å². The van der Waals surface area contributed by atoms with E-state index in [0.717, 1.165) is 47.9 Å². The van der Waals surface area contributed by atoms with Gasteiger partial charge in [0, 0.05) is 39.3 Å². The van der Waals surface area contributed by atoms with Crippen LogP contribution >= 0.6 is 27.3 Å². The highest BCUT2D eigenvalue weighted by molar-refractivity contribution is 9.11.